The van der Waals surface area contributed by atoms with Gasteiger partial charge in [-0.3, -0.25) is 4.79 Å². The Morgan fingerprint density at radius 1 is 1.11 bits per heavy atom. The van der Waals surface area contributed by atoms with Crippen LogP contribution >= 0.6 is 11.3 Å². The third kappa shape index (κ3) is 3.43. The molecule has 0 saturated carbocycles. The van der Waals surface area contributed by atoms with Crippen molar-refractivity contribution in [2.45, 2.75) is 26.7 Å². The number of carbonyl (C=O) groups is 1. The highest BCUT2D eigenvalue weighted by Gasteiger charge is 2.17. The number of fused-ring (bicyclic) bond motifs is 1. The van der Waals surface area contributed by atoms with Gasteiger partial charge in [0.15, 0.2) is 0 Å². The normalized spacial score (nSPS) is 11.3. The fourth-order valence-electron chi connectivity index (χ4n) is 3.06. The van der Waals surface area contributed by atoms with E-state index < -0.39 is 0 Å². The van der Waals surface area contributed by atoms with Crippen molar-refractivity contribution in [2.75, 3.05) is 5.32 Å². The highest BCUT2D eigenvalue weighted by Crippen LogP contribution is 2.31. The lowest BCUT2D eigenvalue weighted by atomic mass is 10.0. The molecule has 0 unspecified atom stereocenters. The van der Waals surface area contributed by atoms with Crippen LogP contribution in [0.3, 0.4) is 0 Å². The van der Waals surface area contributed by atoms with E-state index in [0.29, 0.717) is 10.8 Å². The molecule has 0 spiro atoms. The third-order valence-corrected chi connectivity index (χ3v) is 5.78. The Morgan fingerprint density at radius 2 is 1.79 bits per heavy atom. The molecule has 0 atom stereocenters. The predicted octanol–water partition coefficient (Wildman–Crippen LogP) is 5.91. The van der Waals surface area contributed by atoms with Gasteiger partial charge < -0.3 is 5.32 Å². The molecule has 0 fully saturated rings. The third-order valence-electron chi connectivity index (χ3n) is 4.67. The van der Waals surface area contributed by atoms with Gasteiger partial charge in [0.1, 0.15) is 10.6 Å². The van der Waals surface area contributed by atoms with Crippen molar-refractivity contribution in [3.63, 3.8) is 0 Å². The molecule has 28 heavy (non-hydrogen) atoms. The average molecular weight is 393 g/mol. The van der Waals surface area contributed by atoms with Crippen LogP contribution in [0.4, 0.5) is 10.1 Å². The predicted molar refractivity (Wildman–Crippen MR) is 112 cm³/mol. The van der Waals surface area contributed by atoms with Gasteiger partial charge in [0.05, 0.1) is 16.3 Å². The Morgan fingerprint density at radius 3 is 2.43 bits per heavy atom. The van der Waals surface area contributed by atoms with Crippen molar-refractivity contribution < 1.29 is 9.18 Å². The van der Waals surface area contributed by atoms with Crippen molar-refractivity contribution in [3.05, 3.63) is 76.5 Å². The summed E-state index contributed by atoms with van der Waals surface area (Å²) in [7, 11) is 0. The number of aromatic nitrogens is 2. The van der Waals surface area contributed by atoms with E-state index in [2.05, 4.69) is 24.3 Å². The largest absolute Gasteiger partial charge is 0.321 e. The zero-order valence-corrected chi connectivity index (χ0v) is 16.7. The molecule has 0 saturated heterocycles. The van der Waals surface area contributed by atoms with Crippen LogP contribution in [0.5, 0.6) is 0 Å². The Balaban J connectivity index is 1.63. The highest BCUT2D eigenvalue weighted by molar-refractivity contribution is 7.20. The van der Waals surface area contributed by atoms with Crippen molar-refractivity contribution in [1.29, 1.82) is 0 Å². The van der Waals surface area contributed by atoms with E-state index in [-0.39, 0.29) is 11.7 Å². The number of halogens is 1. The van der Waals surface area contributed by atoms with Crippen LogP contribution in [0.25, 0.3) is 15.9 Å². The molecule has 2 aromatic heterocycles. The lowest BCUT2D eigenvalue weighted by molar-refractivity contribution is 0.103. The molecular formula is C22H20FN3OS. The molecule has 0 aliphatic carbocycles. The van der Waals surface area contributed by atoms with Gasteiger partial charge in [0.2, 0.25) is 0 Å². The summed E-state index contributed by atoms with van der Waals surface area (Å²) in [5, 5.41) is 8.41. The summed E-state index contributed by atoms with van der Waals surface area (Å²) in [5.74, 6) is 0.00638. The molecule has 4 rings (SSSR count). The molecule has 1 amide bonds. The van der Waals surface area contributed by atoms with Gasteiger partial charge >= 0.3 is 0 Å². The number of anilines is 1. The monoisotopic (exact) mass is 393 g/mol. The molecule has 1 N–H and O–H groups in total. The molecule has 0 radical (unpaired) electrons. The Kier molecular flexibility index (Phi) is 4.73. The van der Waals surface area contributed by atoms with Gasteiger partial charge in [0, 0.05) is 11.1 Å². The van der Waals surface area contributed by atoms with Crippen LogP contribution in [-0.2, 0) is 0 Å². The van der Waals surface area contributed by atoms with Crippen LogP contribution in [0.2, 0.25) is 0 Å². The summed E-state index contributed by atoms with van der Waals surface area (Å²) in [6.45, 7) is 6.18. The molecule has 0 aliphatic heterocycles. The summed E-state index contributed by atoms with van der Waals surface area (Å²) in [5.41, 5.74) is 3.59. The van der Waals surface area contributed by atoms with Gasteiger partial charge in [0.25, 0.3) is 5.91 Å². The van der Waals surface area contributed by atoms with Gasteiger partial charge in [-0.15, -0.1) is 11.3 Å². The fourth-order valence-corrected chi connectivity index (χ4v) is 4.14. The number of rotatable bonds is 4. The average Bonchev–Trinajstić information content (AvgIpc) is 3.24. The number of hydrogen-bond donors (Lipinski definition) is 1. The molecule has 4 aromatic rings. The van der Waals surface area contributed by atoms with E-state index >= 15 is 0 Å². The number of hydrogen-bond acceptors (Lipinski definition) is 3. The summed E-state index contributed by atoms with van der Waals surface area (Å²) >= 11 is 1.37. The number of aryl methyl sites for hydroxylation is 1. The van der Waals surface area contributed by atoms with E-state index in [1.807, 2.05) is 37.3 Å². The quantitative estimate of drug-likeness (QED) is 0.468. The zero-order valence-electron chi connectivity index (χ0n) is 15.9. The first-order valence-electron chi connectivity index (χ1n) is 9.09. The van der Waals surface area contributed by atoms with Crippen LogP contribution in [0.15, 0.2) is 54.6 Å². The van der Waals surface area contributed by atoms with Crippen LogP contribution in [0, 0.1) is 12.7 Å². The second-order valence-corrected chi connectivity index (χ2v) is 8.06. The standard InChI is InChI=1S/C22H20FN3OS/c1-13(2)15-4-8-17(9-5-15)24-21(27)20-12-19-14(3)25-26(22(19)28-20)18-10-6-16(23)7-11-18/h4-13H,1-3H3,(H,24,27). The first kappa shape index (κ1) is 18.4. The molecule has 6 heteroatoms. The molecule has 2 aromatic carbocycles. The summed E-state index contributed by atoms with van der Waals surface area (Å²) < 4.78 is 15.0. The minimum absolute atomic E-state index is 0.149. The first-order chi connectivity index (χ1) is 13.4. The molecule has 142 valence electrons. The number of nitrogens with zero attached hydrogens (tertiary/aromatic N) is 2. The first-order valence-corrected chi connectivity index (χ1v) is 9.90. The van der Waals surface area contributed by atoms with Crippen molar-refractivity contribution in [3.8, 4) is 5.69 Å². The molecule has 4 nitrogen and oxygen atoms in total. The van der Waals surface area contributed by atoms with Gasteiger partial charge in [-0.25, -0.2) is 9.07 Å². The second-order valence-electron chi connectivity index (χ2n) is 7.03. The van der Waals surface area contributed by atoms with E-state index in [4.69, 9.17) is 0 Å². The topological polar surface area (TPSA) is 46.9 Å². The number of nitrogens with one attached hydrogen (secondary N) is 1. The maximum Gasteiger partial charge on any atom is 0.265 e. The molecular weight excluding hydrogens is 373 g/mol. The van der Waals surface area contributed by atoms with Crippen LogP contribution in [-0.4, -0.2) is 15.7 Å². The zero-order chi connectivity index (χ0) is 19.8. The van der Waals surface area contributed by atoms with Crippen molar-refractivity contribution in [2.24, 2.45) is 0 Å². The van der Waals surface area contributed by atoms with Crippen LogP contribution < -0.4 is 5.32 Å². The van der Waals surface area contributed by atoms with E-state index in [1.165, 1.54) is 29.0 Å². The van der Waals surface area contributed by atoms with E-state index in [1.54, 1.807) is 16.8 Å². The van der Waals surface area contributed by atoms with Crippen molar-refractivity contribution >= 4 is 33.1 Å². The molecule has 0 aliphatic rings. The smallest absolute Gasteiger partial charge is 0.265 e. The van der Waals surface area contributed by atoms with E-state index in [9.17, 15) is 9.18 Å². The summed E-state index contributed by atoms with van der Waals surface area (Å²) in [6.07, 6.45) is 0. The Labute approximate surface area is 166 Å². The van der Waals surface area contributed by atoms with Gasteiger partial charge in [-0.05, 0) is 60.9 Å². The lowest BCUT2D eigenvalue weighted by Gasteiger charge is -2.07. The van der Waals surface area contributed by atoms with Crippen molar-refractivity contribution in [1.82, 2.24) is 9.78 Å². The van der Waals surface area contributed by atoms with E-state index in [0.717, 1.165) is 27.3 Å². The Hall–Kier alpha value is -2.99. The Bertz CT molecular complexity index is 1140. The minimum atomic E-state index is -0.293. The lowest BCUT2D eigenvalue weighted by Crippen LogP contribution is -2.10. The van der Waals surface area contributed by atoms with Gasteiger partial charge in [-0.2, -0.15) is 5.10 Å². The molecule has 2 heterocycles. The maximum atomic E-state index is 13.2. The fraction of sp³-hybridized carbons (Fsp3) is 0.182. The number of carbonyl (C=O) groups excluding carboxylic acids is 1. The second kappa shape index (κ2) is 7.20. The molecule has 0 bridgehead atoms. The summed E-state index contributed by atoms with van der Waals surface area (Å²) in [6, 6.07) is 15.9. The summed E-state index contributed by atoms with van der Waals surface area (Å²) in [4.78, 5) is 14.2. The highest BCUT2D eigenvalue weighted by atomic mass is 32.1. The number of thiophene rings is 1. The van der Waals surface area contributed by atoms with Gasteiger partial charge in [-0.1, -0.05) is 26.0 Å². The SMILES string of the molecule is Cc1nn(-c2ccc(F)cc2)c2sc(C(=O)Nc3ccc(C(C)C)cc3)cc12. The minimum Gasteiger partial charge on any atom is -0.321 e. The van der Waals surface area contributed by atoms with Crippen LogP contribution in [0.1, 0.15) is 40.7 Å². The number of amides is 1. The maximum absolute atomic E-state index is 13.2. The number of benzene rings is 2.